The standard InChI is InChI=1S/C20H20ClN3O3/c1-12-19(25)22-20-23(10-13-4-6-14(26-2)7-5-13)11-15-16(24(12)20)8-9-17(27-3)18(15)21/h4-9,25H,10-11H2,1-3H3. The summed E-state index contributed by atoms with van der Waals surface area (Å²) in [7, 11) is 3.25. The van der Waals surface area contributed by atoms with Crippen molar-refractivity contribution in [2.24, 2.45) is 0 Å². The number of rotatable bonds is 4. The van der Waals surface area contributed by atoms with Crippen LogP contribution in [-0.4, -0.2) is 28.9 Å². The van der Waals surface area contributed by atoms with Gasteiger partial charge in [-0.2, -0.15) is 4.98 Å². The molecule has 0 atom stereocenters. The number of methoxy groups -OCH3 is 2. The Morgan fingerprint density at radius 1 is 1.11 bits per heavy atom. The topological polar surface area (TPSA) is 59.8 Å². The summed E-state index contributed by atoms with van der Waals surface area (Å²) in [5.74, 6) is 2.15. The molecule has 4 rings (SSSR count). The van der Waals surface area contributed by atoms with Crippen LogP contribution in [0.15, 0.2) is 36.4 Å². The summed E-state index contributed by atoms with van der Waals surface area (Å²) in [4.78, 5) is 6.46. The predicted octanol–water partition coefficient (Wildman–Crippen LogP) is 4.08. The fourth-order valence-electron chi connectivity index (χ4n) is 3.42. The maximum atomic E-state index is 10.2. The molecule has 1 aliphatic rings. The van der Waals surface area contributed by atoms with Gasteiger partial charge in [0.2, 0.25) is 11.8 Å². The van der Waals surface area contributed by atoms with Gasteiger partial charge in [-0.3, -0.25) is 4.57 Å². The zero-order valence-electron chi connectivity index (χ0n) is 15.4. The van der Waals surface area contributed by atoms with E-state index < -0.39 is 0 Å². The van der Waals surface area contributed by atoms with Crippen molar-refractivity contribution >= 4 is 17.5 Å². The summed E-state index contributed by atoms with van der Waals surface area (Å²) in [5.41, 5.74) is 3.63. The summed E-state index contributed by atoms with van der Waals surface area (Å²) in [6.45, 7) is 3.02. The molecule has 7 heteroatoms. The molecule has 0 unspecified atom stereocenters. The van der Waals surface area contributed by atoms with Crippen molar-refractivity contribution in [3.05, 3.63) is 58.2 Å². The van der Waals surface area contributed by atoms with E-state index in [9.17, 15) is 5.11 Å². The Morgan fingerprint density at radius 3 is 2.52 bits per heavy atom. The van der Waals surface area contributed by atoms with E-state index in [1.165, 1.54) is 0 Å². The second kappa shape index (κ2) is 6.70. The van der Waals surface area contributed by atoms with Crippen LogP contribution in [0.1, 0.15) is 16.8 Å². The minimum Gasteiger partial charge on any atom is -0.497 e. The van der Waals surface area contributed by atoms with Crippen LogP contribution < -0.4 is 14.4 Å². The second-order valence-electron chi connectivity index (χ2n) is 6.44. The molecule has 2 heterocycles. The van der Waals surface area contributed by atoms with E-state index in [1.54, 1.807) is 14.2 Å². The normalized spacial score (nSPS) is 12.5. The molecule has 0 amide bonds. The highest BCUT2D eigenvalue weighted by Gasteiger charge is 2.29. The summed E-state index contributed by atoms with van der Waals surface area (Å²) in [5, 5.41) is 10.8. The highest BCUT2D eigenvalue weighted by molar-refractivity contribution is 6.33. The average molecular weight is 386 g/mol. The zero-order valence-corrected chi connectivity index (χ0v) is 16.1. The molecule has 1 N–H and O–H groups in total. The van der Waals surface area contributed by atoms with E-state index in [1.807, 2.05) is 47.9 Å². The van der Waals surface area contributed by atoms with Crippen LogP contribution >= 0.6 is 11.6 Å². The lowest BCUT2D eigenvalue weighted by atomic mass is 10.1. The van der Waals surface area contributed by atoms with Crippen molar-refractivity contribution in [1.82, 2.24) is 9.55 Å². The molecule has 0 fully saturated rings. The largest absolute Gasteiger partial charge is 0.497 e. The number of benzene rings is 2. The molecule has 0 spiro atoms. The first kappa shape index (κ1) is 17.5. The first-order valence-corrected chi connectivity index (χ1v) is 8.93. The van der Waals surface area contributed by atoms with Gasteiger partial charge in [0.1, 0.15) is 11.5 Å². The summed E-state index contributed by atoms with van der Waals surface area (Å²) < 4.78 is 12.5. The Bertz CT molecular complexity index is 999. The first-order chi connectivity index (χ1) is 13.0. The fraction of sp³-hybridized carbons (Fsp3) is 0.250. The van der Waals surface area contributed by atoms with Gasteiger partial charge in [-0.25, -0.2) is 0 Å². The number of nitrogens with zero attached hydrogens (tertiary/aromatic N) is 3. The van der Waals surface area contributed by atoms with E-state index in [4.69, 9.17) is 21.1 Å². The molecule has 6 nitrogen and oxygen atoms in total. The molecule has 0 saturated carbocycles. The molecule has 1 aliphatic heterocycles. The smallest absolute Gasteiger partial charge is 0.234 e. The number of anilines is 1. The minimum atomic E-state index is 0.0181. The lowest BCUT2D eigenvalue weighted by Crippen LogP contribution is -2.30. The first-order valence-electron chi connectivity index (χ1n) is 8.55. The van der Waals surface area contributed by atoms with Crippen LogP contribution in [-0.2, 0) is 13.1 Å². The van der Waals surface area contributed by atoms with E-state index in [0.29, 0.717) is 35.5 Å². The summed E-state index contributed by atoms with van der Waals surface area (Å²) in [6, 6.07) is 11.7. The zero-order chi connectivity index (χ0) is 19.1. The summed E-state index contributed by atoms with van der Waals surface area (Å²) >= 11 is 6.60. The molecule has 0 radical (unpaired) electrons. The third-order valence-corrected chi connectivity index (χ3v) is 5.29. The van der Waals surface area contributed by atoms with Crippen molar-refractivity contribution in [2.75, 3.05) is 19.1 Å². The van der Waals surface area contributed by atoms with Gasteiger partial charge in [0.25, 0.3) is 0 Å². The molecular formula is C20H20ClN3O3. The van der Waals surface area contributed by atoms with Crippen LogP contribution in [0, 0.1) is 6.92 Å². The van der Waals surface area contributed by atoms with Crippen LogP contribution in [0.2, 0.25) is 5.02 Å². The number of hydrogen-bond acceptors (Lipinski definition) is 5. The Labute approximate surface area is 162 Å². The molecule has 2 aromatic carbocycles. The molecule has 140 valence electrons. The Kier molecular flexibility index (Phi) is 4.36. The quantitative estimate of drug-likeness (QED) is 0.733. The maximum Gasteiger partial charge on any atom is 0.234 e. The highest BCUT2D eigenvalue weighted by atomic mass is 35.5. The molecular weight excluding hydrogens is 366 g/mol. The number of halogens is 1. The molecule has 27 heavy (non-hydrogen) atoms. The Balaban J connectivity index is 1.79. The third-order valence-electron chi connectivity index (χ3n) is 4.87. The highest BCUT2D eigenvalue weighted by Crippen LogP contribution is 2.41. The average Bonchev–Trinajstić information content (AvgIpc) is 2.99. The SMILES string of the molecule is COc1ccc(CN2Cc3c(ccc(OC)c3Cl)-n3c2nc(O)c3C)cc1. The Morgan fingerprint density at radius 2 is 1.85 bits per heavy atom. The molecule has 0 bridgehead atoms. The molecule has 3 aromatic rings. The number of aromatic nitrogens is 2. The lowest BCUT2D eigenvalue weighted by molar-refractivity contribution is 0.414. The summed E-state index contributed by atoms with van der Waals surface area (Å²) in [6.07, 6.45) is 0. The van der Waals surface area contributed by atoms with Crippen molar-refractivity contribution < 1.29 is 14.6 Å². The molecule has 0 saturated heterocycles. The van der Waals surface area contributed by atoms with Crippen molar-refractivity contribution in [3.63, 3.8) is 0 Å². The third kappa shape index (κ3) is 2.86. The molecule has 0 aliphatic carbocycles. The van der Waals surface area contributed by atoms with Gasteiger partial charge in [0, 0.05) is 18.7 Å². The van der Waals surface area contributed by atoms with Gasteiger partial charge in [-0.15, -0.1) is 0 Å². The van der Waals surface area contributed by atoms with Gasteiger partial charge < -0.3 is 19.5 Å². The van der Waals surface area contributed by atoms with Gasteiger partial charge in [-0.05, 0) is 36.8 Å². The predicted molar refractivity (Wildman–Crippen MR) is 104 cm³/mol. The molecule has 1 aromatic heterocycles. The lowest BCUT2D eigenvalue weighted by Gasteiger charge is -2.32. The van der Waals surface area contributed by atoms with Crippen LogP contribution in [0.4, 0.5) is 5.95 Å². The van der Waals surface area contributed by atoms with Crippen LogP contribution in [0.3, 0.4) is 0 Å². The van der Waals surface area contributed by atoms with Crippen molar-refractivity contribution in [3.8, 4) is 23.1 Å². The van der Waals surface area contributed by atoms with Gasteiger partial charge >= 0.3 is 0 Å². The van der Waals surface area contributed by atoms with E-state index >= 15 is 0 Å². The van der Waals surface area contributed by atoms with Crippen LogP contribution in [0.25, 0.3) is 5.69 Å². The Hall–Kier alpha value is -2.86. The number of fused-ring (bicyclic) bond motifs is 3. The second-order valence-corrected chi connectivity index (χ2v) is 6.82. The fourth-order valence-corrected chi connectivity index (χ4v) is 3.72. The number of aromatic hydroxyl groups is 1. The monoisotopic (exact) mass is 385 g/mol. The maximum absolute atomic E-state index is 10.2. The van der Waals surface area contributed by atoms with E-state index in [-0.39, 0.29) is 5.88 Å². The minimum absolute atomic E-state index is 0.0181. The van der Waals surface area contributed by atoms with Crippen LogP contribution in [0.5, 0.6) is 17.4 Å². The van der Waals surface area contributed by atoms with E-state index in [2.05, 4.69) is 9.88 Å². The van der Waals surface area contributed by atoms with Gasteiger partial charge in [0.05, 0.1) is 30.6 Å². The number of hydrogen-bond donors (Lipinski definition) is 1. The number of imidazole rings is 1. The number of ether oxygens (including phenoxy) is 2. The van der Waals surface area contributed by atoms with Crippen molar-refractivity contribution in [2.45, 2.75) is 20.0 Å². The van der Waals surface area contributed by atoms with Gasteiger partial charge in [-0.1, -0.05) is 23.7 Å². The van der Waals surface area contributed by atoms with E-state index in [0.717, 1.165) is 22.6 Å². The van der Waals surface area contributed by atoms with Crippen molar-refractivity contribution in [1.29, 1.82) is 0 Å². The van der Waals surface area contributed by atoms with Gasteiger partial charge in [0.15, 0.2) is 0 Å².